The molecule has 0 aromatic rings. The lowest BCUT2D eigenvalue weighted by Crippen LogP contribution is -2.08. The van der Waals surface area contributed by atoms with Crippen LogP contribution in [-0.2, 0) is 0 Å². The molecule has 0 nitrogen and oxygen atoms in total. The van der Waals surface area contributed by atoms with Crippen LogP contribution in [0.1, 0.15) is 98.8 Å². The van der Waals surface area contributed by atoms with Crippen molar-refractivity contribution in [2.75, 3.05) is 0 Å². The largest absolute Gasteiger partial charge is 0.0654 e. The maximum Gasteiger partial charge on any atom is -0.0412 e. The molecule has 0 saturated carbocycles. The number of hydrogen-bond acceptors (Lipinski definition) is 0. The topological polar surface area (TPSA) is 0 Å². The van der Waals surface area contributed by atoms with E-state index >= 15 is 0 Å². The van der Waals surface area contributed by atoms with Gasteiger partial charge in [0.1, 0.15) is 0 Å². The van der Waals surface area contributed by atoms with Gasteiger partial charge in [-0.25, -0.2) is 0 Å². The van der Waals surface area contributed by atoms with Crippen LogP contribution in [0.25, 0.3) is 0 Å². The molecular formula is C18H38. The first-order valence-corrected chi connectivity index (χ1v) is 8.63. The summed E-state index contributed by atoms with van der Waals surface area (Å²) >= 11 is 0. The zero-order valence-electron chi connectivity index (χ0n) is 13.8. The molecule has 110 valence electrons. The highest BCUT2D eigenvalue weighted by atomic mass is 14.2. The van der Waals surface area contributed by atoms with Crippen LogP contribution in [0.5, 0.6) is 0 Å². The van der Waals surface area contributed by atoms with E-state index in [-0.39, 0.29) is 0 Å². The van der Waals surface area contributed by atoms with Gasteiger partial charge in [0.2, 0.25) is 0 Å². The van der Waals surface area contributed by atoms with Crippen molar-refractivity contribution in [1.29, 1.82) is 0 Å². The molecular weight excluding hydrogens is 216 g/mol. The maximum absolute atomic E-state index is 2.48. The van der Waals surface area contributed by atoms with Crippen LogP contribution in [0, 0.1) is 17.8 Å². The van der Waals surface area contributed by atoms with Crippen LogP contribution in [0.4, 0.5) is 0 Å². The van der Waals surface area contributed by atoms with E-state index < -0.39 is 0 Å². The summed E-state index contributed by atoms with van der Waals surface area (Å²) in [6, 6.07) is 0. The van der Waals surface area contributed by atoms with Gasteiger partial charge in [0.05, 0.1) is 0 Å². The van der Waals surface area contributed by atoms with Gasteiger partial charge in [-0.3, -0.25) is 0 Å². The summed E-state index contributed by atoms with van der Waals surface area (Å²) in [4.78, 5) is 0. The van der Waals surface area contributed by atoms with Crippen molar-refractivity contribution in [3.05, 3.63) is 0 Å². The van der Waals surface area contributed by atoms with Crippen LogP contribution in [0.2, 0.25) is 0 Å². The van der Waals surface area contributed by atoms with Gasteiger partial charge in [-0.15, -0.1) is 0 Å². The van der Waals surface area contributed by atoms with Crippen LogP contribution < -0.4 is 0 Å². The predicted octanol–water partition coefficient (Wildman–Crippen LogP) is 6.84. The fraction of sp³-hybridized carbons (Fsp3) is 1.00. The predicted molar refractivity (Wildman–Crippen MR) is 85.0 cm³/mol. The summed E-state index contributed by atoms with van der Waals surface area (Å²) in [5, 5.41) is 0. The normalized spacial score (nSPS) is 16.5. The van der Waals surface area contributed by atoms with Crippen LogP contribution >= 0.6 is 0 Å². The molecule has 18 heavy (non-hydrogen) atoms. The fourth-order valence-corrected chi connectivity index (χ4v) is 2.93. The van der Waals surface area contributed by atoms with Crippen molar-refractivity contribution in [3.63, 3.8) is 0 Å². The smallest absolute Gasteiger partial charge is 0.0412 e. The highest BCUT2D eigenvalue weighted by Gasteiger charge is 2.13. The Morgan fingerprint density at radius 3 is 1.89 bits per heavy atom. The van der Waals surface area contributed by atoms with Crippen LogP contribution in [0.15, 0.2) is 0 Å². The van der Waals surface area contributed by atoms with E-state index in [0.717, 1.165) is 17.8 Å². The second kappa shape index (κ2) is 12.1. The first kappa shape index (κ1) is 18.0. The Labute approximate surface area is 117 Å². The lowest BCUT2D eigenvalue weighted by Gasteiger charge is -2.21. The van der Waals surface area contributed by atoms with Gasteiger partial charge >= 0.3 is 0 Å². The van der Waals surface area contributed by atoms with E-state index in [1.54, 1.807) is 0 Å². The molecule has 0 aliphatic rings. The van der Waals surface area contributed by atoms with E-state index in [1.165, 1.54) is 64.2 Å². The molecule has 0 heteroatoms. The number of hydrogen-bond donors (Lipinski definition) is 0. The van der Waals surface area contributed by atoms with E-state index in [2.05, 4.69) is 34.6 Å². The summed E-state index contributed by atoms with van der Waals surface area (Å²) in [7, 11) is 0. The van der Waals surface area contributed by atoms with E-state index in [4.69, 9.17) is 0 Å². The van der Waals surface area contributed by atoms with Crippen LogP contribution in [0.3, 0.4) is 0 Å². The van der Waals surface area contributed by atoms with Gasteiger partial charge in [0.15, 0.2) is 0 Å². The fourth-order valence-electron chi connectivity index (χ4n) is 2.93. The van der Waals surface area contributed by atoms with Crippen molar-refractivity contribution in [3.8, 4) is 0 Å². The lowest BCUT2D eigenvalue weighted by molar-refractivity contribution is 0.310. The van der Waals surface area contributed by atoms with Gasteiger partial charge in [-0.2, -0.15) is 0 Å². The monoisotopic (exact) mass is 254 g/mol. The van der Waals surface area contributed by atoms with Crippen molar-refractivity contribution >= 4 is 0 Å². The molecule has 0 aliphatic heterocycles. The second-order valence-electron chi connectivity index (χ2n) is 6.58. The Morgan fingerprint density at radius 1 is 0.667 bits per heavy atom. The third kappa shape index (κ3) is 9.97. The minimum atomic E-state index is 0.928. The van der Waals surface area contributed by atoms with Gasteiger partial charge in [-0.1, -0.05) is 92.4 Å². The Balaban J connectivity index is 3.83. The Kier molecular flexibility index (Phi) is 12.1. The molecule has 0 aliphatic carbocycles. The molecule has 0 aromatic carbocycles. The Bertz CT molecular complexity index is 161. The summed E-state index contributed by atoms with van der Waals surface area (Å²) in [6.45, 7) is 11.8. The molecule has 0 heterocycles. The zero-order chi connectivity index (χ0) is 13.8. The standard InChI is InChI=1S/C18H38/c1-6-9-10-12-18(11-7-2)15-17(5)14-13-16(4)8-3/h16-18H,6-15H2,1-5H3. The first-order valence-electron chi connectivity index (χ1n) is 8.63. The Morgan fingerprint density at radius 2 is 1.33 bits per heavy atom. The lowest BCUT2D eigenvalue weighted by atomic mass is 9.85. The highest BCUT2D eigenvalue weighted by molar-refractivity contribution is 4.65. The molecule has 0 aromatic heterocycles. The first-order chi connectivity index (χ1) is 8.63. The van der Waals surface area contributed by atoms with Crippen molar-refractivity contribution < 1.29 is 0 Å². The Hall–Kier alpha value is 0. The molecule has 0 N–H and O–H groups in total. The van der Waals surface area contributed by atoms with Crippen LogP contribution in [-0.4, -0.2) is 0 Å². The molecule has 0 fully saturated rings. The van der Waals surface area contributed by atoms with E-state index in [1.807, 2.05) is 0 Å². The molecule has 0 saturated heterocycles. The third-order valence-electron chi connectivity index (χ3n) is 4.50. The SMILES string of the molecule is CCCCCC(CCC)CC(C)CCC(C)CC. The molecule has 0 amide bonds. The molecule has 0 radical (unpaired) electrons. The van der Waals surface area contributed by atoms with Gasteiger partial charge in [0.25, 0.3) is 0 Å². The summed E-state index contributed by atoms with van der Waals surface area (Å²) < 4.78 is 0. The average Bonchev–Trinajstić information content (AvgIpc) is 2.36. The summed E-state index contributed by atoms with van der Waals surface area (Å²) in [6.07, 6.45) is 14.3. The molecule has 0 spiro atoms. The summed E-state index contributed by atoms with van der Waals surface area (Å²) in [5.41, 5.74) is 0. The number of unbranched alkanes of at least 4 members (excludes halogenated alkanes) is 2. The molecule has 0 bridgehead atoms. The average molecular weight is 255 g/mol. The van der Waals surface area contributed by atoms with E-state index in [9.17, 15) is 0 Å². The van der Waals surface area contributed by atoms with Gasteiger partial charge in [-0.05, 0) is 24.2 Å². The van der Waals surface area contributed by atoms with E-state index in [0.29, 0.717) is 0 Å². The highest BCUT2D eigenvalue weighted by Crippen LogP contribution is 2.27. The zero-order valence-corrected chi connectivity index (χ0v) is 13.8. The maximum atomic E-state index is 2.48. The number of rotatable bonds is 12. The minimum absolute atomic E-state index is 0.928. The second-order valence-corrected chi connectivity index (χ2v) is 6.58. The quantitative estimate of drug-likeness (QED) is 0.335. The van der Waals surface area contributed by atoms with Crippen molar-refractivity contribution in [2.45, 2.75) is 98.8 Å². The third-order valence-corrected chi connectivity index (χ3v) is 4.50. The van der Waals surface area contributed by atoms with Gasteiger partial charge < -0.3 is 0 Å². The van der Waals surface area contributed by atoms with Crippen molar-refractivity contribution in [1.82, 2.24) is 0 Å². The van der Waals surface area contributed by atoms with Gasteiger partial charge in [0, 0.05) is 0 Å². The minimum Gasteiger partial charge on any atom is -0.0654 e. The molecule has 3 unspecified atom stereocenters. The van der Waals surface area contributed by atoms with Crippen molar-refractivity contribution in [2.24, 2.45) is 17.8 Å². The molecule has 0 rings (SSSR count). The summed E-state index contributed by atoms with van der Waals surface area (Å²) in [5.74, 6) is 2.88. The molecule has 3 atom stereocenters.